The highest BCUT2D eigenvalue weighted by molar-refractivity contribution is 6.23. The number of halogens is 1. The van der Waals surface area contributed by atoms with E-state index in [1.807, 2.05) is 18.7 Å². The van der Waals surface area contributed by atoms with Crippen LogP contribution in [0.1, 0.15) is 60.2 Å². The van der Waals surface area contributed by atoms with Gasteiger partial charge in [0.15, 0.2) is 0 Å². The molecule has 4 amide bonds. The minimum absolute atomic E-state index is 0.0427. The lowest BCUT2D eigenvalue weighted by Crippen LogP contribution is -2.54. The summed E-state index contributed by atoms with van der Waals surface area (Å²) in [6.45, 7) is 5.21. The first-order valence-electron chi connectivity index (χ1n) is 9.19. The number of carbonyl (C=O) groups is 4. The molecule has 1 atom stereocenters. The third kappa shape index (κ3) is 3.31. The lowest BCUT2D eigenvalue weighted by molar-refractivity contribution is -0.136. The molecule has 0 aromatic heterocycles. The molecule has 27 heavy (non-hydrogen) atoms. The fraction of sp³-hybridized carbons (Fsp3) is 0.474. The summed E-state index contributed by atoms with van der Waals surface area (Å²) in [7, 11) is 0. The van der Waals surface area contributed by atoms with Crippen LogP contribution in [0.15, 0.2) is 12.1 Å². The number of piperidine rings is 1. The SMILES string of the molecule is CCCN(CCC)c1cc2c(cc1F)C(=O)N(C1CCC(=O)NC1=O)C2=O. The van der Waals surface area contributed by atoms with E-state index in [0.29, 0.717) is 13.1 Å². The summed E-state index contributed by atoms with van der Waals surface area (Å²) >= 11 is 0. The average molecular weight is 375 g/mol. The molecule has 7 nitrogen and oxygen atoms in total. The first kappa shape index (κ1) is 19.0. The zero-order chi connectivity index (χ0) is 19.7. The van der Waals surface area contributed by atoms with Crippen molar-refractivity contribution in [1.29, 1.82) is 0 Å². The molecule has 2 heterocycles. The van der Waals surface area contributed by atoms with Crippen LogP contribution in [0.25, 0.3) is 0 Å². The van der Waals surface area contributed by atoms with Crippen molar-refractivity contribution in [3.63, 3.8) is 0 Å². The lowest BCUT2D eigenvalue weighted by Gasteiger charge is -2.27. The van der Waals surface area contributed by atoms with E-state index < -0.39 is 35.5 Å². The first-order valence-corrected chi connectivity index (χ1v) is 9.19. The Morgan fingerprint density at radius 3 is 2.22 bits per heavy atom. The number of nitrogens with zero attached hydrogens (tertiary/aromatic N) is 2. The van der Waals surface area contributed by atoms with E-state index >= 15 is 0 Å². The van der Waals surface area contributed by atoms with Gasteiger partial charge in [-0.2, -0.15) is 0 Å². The Bertz CT molecular complexity index is 817. The summed E-state index contributed by atoms with van der Waals surface area (Å²) in [6, 6.07) is 1.43. The van der Waals surface area contributed by atoms with Crippen molar-refractivity contribution in [1.82, 2.24) is 10.2 Å². The Morgan fingerprint density at radius 2 is 1.67 bits per heavy atom. The van der Waals surface area contributed by atoms with Crippen LogP contribution in [0.4, 0.5) is 10.1 Å². The predicted molar refractivity (Wildman–Crippen MR) is 95.9 cm³/mol. The van der Waals surface area contributed by atoms with Gasteiger partial charge >= 0.3 is 0 Å². The van der Waals surface area contributed by atoms with Crippen molar-refractivity contribution >= 4 is 29.3 Å². The van der Waals surface area contributed by atoms with E-state index in [1.165, 1.54) is 6.07 Å². The van der Waals surface area contributed by atoms with Crippen molar-refractivity contribution in [2.24, 2.45) is 0 Å². The third-order valence-corrected chi connectivity index (χ3v) is 4.83. The van der Waals surface area contributed by atoms with E-state index in [2.05, 4.69) is 5.32 Å². The number of rotatable bonds is 6. The molecule has 1 unspecified atom stereocenters. The number of imide groups is 2. The van der Waals surface area contributed by atoms with E-state index in [-0.39, 0.29) is 29.7 Å². The van der Waals surface area contributed by atoms with Gasteiger partial charge in [-0.1, -0.05) is 13.8 Å². The first-order chi connectivity index (χ1) is 12.9. The standard InChI is InChI=1S/C19H22FN3O4/c1-3-7-22(8-4-2)15-10-12-11(9-13(15)20)18(26)23(19(12)27)14-5-6-16(24)21-17(14)25/h9-10,14H,3-8H2,1-2H3,(H,21,24,25). The molecule has 0 aliphatic carbocycles. The molecule has 144 valence electrons. The summed E-state index contributed by atoms with van der Waals surface area (Å²) in [4.78, 5) is 51.6. The van der Waals surface area contributed by atoms with E-state index in [9.17, 15) is 23.6 Å². The molecular weight excluding hydrogens is 353 g/mol. The van der Waals surface area contributed by atoms with E-state index in [4.69, 9.17) is 0 Å². The maximum Gasteiger partial charge on any atom is 0.262 e. The van der Waals surface area contributed by atoms with E-state index in [1.54, 1.807) is 0 Å². The summed E-state index contributed by atoms with van der Waals surface area (Å²) in [6.07, 6.45) is 1.74. The van der Waals surface area contributed by atoms with Gasteiger partial charge in [0, 0.05) is 19.5 Å². The quantitative estimate of drug-likeness (QED) is 0.767. The van der Waals surface area contributed by atoms with Gasteiger partial charge in [0.05, 0.1) is 16.8 Å². The minimum atomic E-state index is -1.05. The molecule has 1 aromatic rings. The van der Waals surface area contributed by atoms with Gasteiger partial charge in [0.1, 0.15) is 11.9 Å². The van der Waals surface area contributed by atoms with E-state index in [0.717, 1.165) is 23.8 Å². The van der Waals surface area contributed by atoms with Crippen LogP contribution in [-0.2, 0) is 9.59 Å². The highest BCUT2D eigenvalue weighted by atomic mass is 19.1. The largest absolute Gasteiger partial charge is 0.369 e. The number of amides is 4. The second-order valence-corrected chi connectivity index (χ2v) is 6.78. The molecule has 2 aliphatic heterocycles. The molecular formula is C19H22FN3O4. The topological polar surface area (TPSA) is 86.8 Å². The van der Waals surface area contributed by atoms with Gasteiger partial charge in [-0.15, -0.1) is 0 Å². The molecule has 1 saturated heterocycles. The van der Waals surface area contributed by atoms with Gasteiger partial charge in [-0.05, 0) is 31.4 Å². The minimum Gasteiger partial charge on any atom is -0.369 e. The highest BCUT2D eigenvalue weighted by Crippen LogP contribution is 2.32. The van der Waals surface area contributed by atoms with Crippen LogP contribution in [-0.4, -0.2) is 47.7 Å². The van der Waals surface area contributed by atoms with Crippen LogP contribution < -0.4 is 10.2 Å². The second kappa shape index (κ2) is 7.46. The normalized spacial score (nSPS) is 19.4. The van der Waals surface area contributed by atoms with Crippen LogP contribution in [0.2, 0.25) is 0 Å². The molecule has 1 aromatic carbocycles. The van der Waals surface area contributed by atoms with Gasteiger partial charge in [0.25, 0.3) is 11.8 Å². The summed E-state index contributed by atoms with van der Waals surface area (Å²) in [5, 5.41) is 2.14. The molecule has 1 N–H and O–H groups in total. The van der Waals surface area contributed by atoms with Gasteiger partial charge in [0.2, 0.25) is 11.8 Å². The van der Waals surface area contributed by atoms with Crippen LogP contribution >= 0.6 is 0 Å². The van der Waals surface area contributed by atoms with Gasteiger partial charge in [-0.3, -0.25) is 29.4 Å². The highest BCUT2D eigenvalue weighted by Gasteiger charge is 2.45. The Hall–Kier alpha value is -2.77. The van der Waals surface area contributed by atoms with Crippen molar-refractivity contribution in [3.05, 3.63) is 29.1 Å². The Morgan fingerprint density at radius 1 is 1.07 bits per heavy atom. The number of hydrogen-bond donors (Lipinski definition) is 1. The molecule has 2 aliphatic rings. The molecule has 3 rings (SSSR count). The number of nitrogens with one attached hydrogen (secondary N) is 1. The van der Waals surface area contributed by atoms with Crippen LogP contribution in [0.3, 0.4) is 0 Å². The van der Waals surface area contributed by atoms with Crippen LogP contribution in [0.5, 0.6) is 0 Å². The summed E-state index contributed by atoms with van der Waals surface area (Å²) in [5.41, 5.74) is 0.334. The third-order valence-electron chi connectivity index (χ3n) is 4.83. The lowest BCUT2D eigenvalue weighted by atomic mass is 10.0. The Labute approximate surface area is 156 Å². The number of benzene rings is 1. The molecule has 0 bridgehead atoms. The maximum atomic E-state index is 14.7. The summed E-state index contributed by atoms with van der Waals surface area (Å²) < 4.78 is 14.7. The monoisotopic (exact) mass is 375 g/mol. The zero-order valence-corrected chi connectivity index (χ0v) is 15.4. The fourth-order valence-electron chi connectivity index (χ4n) is 3.61. The second-order valence-electron chi connectivity index (χ2n) is 6.78. The molecule has 0 saturated carbocycles. The molecule has 8 heteroatoms. The molecule has 0 spiro atoms. The Kier molecular flexibility index (Phi) is 5.25. The average Bonchev–Trinajstić information content (AvgIpc) is 2.85. The smallest absolute Gasteiger partial charge is 0.262 e. The van der Waals surface area contributed by atoms with Crippen molar-refractivity contribution in [3.8, 4) is 0 Å². The maximum absolute atomic E-state index is 14.7. The molecule has 0 radical (unpaired) electrons. The zero-order valence-electron chi connectivity index (χ0n) is 15.4. The van der Waals surface area contributed by atoms with Crippen molar-refractivity contribution in [2.45, 2.75) is 45.6 Å². The number of carbonyl (C=O) groups excluding carboxylic acids is 4. The summed E-state index contributed by atoms with van der Waals surface area (Å²) in [5.74, 6) is -3.01. The number of anilines is 1. The van der Waals surface area contributed by atoms with Crippen molar-refractivity contribution in [2.75, 3.05) is 18.0 Å². The number of fused-ring (bicyclic) bond motifs is 1. The van der Waals surface area contributed by atoms with Gasteiger partial charge in [-0.25, -0.2) is 4.39 Å². The number of hydrogen-bond acceptors (Lipinski definition) is 5. The molecule has 1 fully saturated rings. The van der Waals surface area contributed by atoms with Gasteiger partial charge < -0.3 is 4.90 Å². The van der Waals surface area contributed by atoms with Crippen LogP contribution in [0, 0.1) is 5.82 Å². The van der Waals surface area contributed by atoms with Crippen molar-refractivity contribution < 1.29 is 23.6 Å². The predicted octanol–water partition coefficient (Wildman–Crippen LogP) is 1.85. The Balaban J connectivity index is 1.96. The fourth-order valence-corrected chi connectivity index (χ4v) is 3.61.